The Morgan fingerprint density at radius 3 is 1.91 bits per heavy atom. The number of unbranched alkanes of at least 4 members (excludes halogenated alkanes) is 3. The zero-order valence-corrected chi connectivity index (χ0v) is 19.7. The molecule has 0 aromatic rings. The highest BCUT2D eigenvalue weighted by Crippen LogP contribution is 2.51. The maximum absolute atomic E-state index is 12.3. The van der Waals surface area contributed by atoms with Crippen LogP contribution in [0.2, 0.25) is 0 Å². The zero-order valence-electron chi connectivity index (χ0n) is 19.7. The van der Waals surface area contributed by atoms with E-state index in [0.717, 1.165) is 69.6 Å². The molecule has 1 aliphatic heterocycles. The molecule has 0 aromatic heterocycles. The lowest BCUT2D eigenvalue weighted by Gasteiger charge is -2.22. The van der Waals surface area contributed by atoms with Gasteiger partial charge in [0.15, 0.2) is 12.6 Å². The summed E-state index contributed by atoms with van der Waals surface area (Å²) in [5.41, 5.74) is 0. The van der Waals surface area contributed by atoms with E-state index in [1.807, 2.05) is 0 Å². The van der Waals surface area contributed by atoms with Gasteiger partial charge < -0.3 is 23.7 Å². The highest BCUT2D eigenvalue weighted by Gasteiger charge is 2.46. The molecule has 4 fully saturated rings. The van der Waals surface area contributed by atoms with Gasteiger partial charge in [-0.2, -0.15) is 0 Å². The van der Waals surface area contributed by atoms with Gasteiger partial charge in [0.25, 0.3) is 0 Å². The summed E-state index contributed by atoms with van der Waals surface area (Å²) >= 11 is 0. The molecule has 4 aliphatic rings. The van der Waals surface area contributed by atoms with Crippen LogP contribution in [0.3, 0.4) is 0 Å². The summed E-state index contributed by atoms with van der Waals surface area (Å²) in [6.07, 6.45) is 10.6. The van der Waals surface area contributed by atoms with Crippen molar-refractivity contribution in [2.45, 2.75) is 109 Å². The van der Waals surface area contributed by atoms with E-state index in [4.69, 9.17) is 23.7 Å². The van der Waals surface area contributed by atoms with E-state index in [2.05, 4.69) is 0 Å². The van der Waals surface area contributed by atoms with E-state index < -0.39 is 12.6 Å². The van der Waals surface area contributed by atoms with Gasteiger partial charge in [0, 0.05) is 0 Å². The summed E-state index contributed by atoms with van der Waals surface area (Å²) in [5, 5.41) is 0. The molecule has 8 unspecified atom stereocenters. The Morgan fingerprint density at radius 2 is 1.31 bits per heavy atom. The summed E-state index contributed by atoms with van der Waals surface area (Å²) < 4.78 is 27.7. The highest BCUT2D eigenvalue weighted by molar-refractivity contribution is 5.73. The van der Waals surface area contributed by atoms with Gasteiger partial charge in [0.2, 0.25) is 0 Å². The topological polar surface area (TPSA) is 83.6 Å². The van der Waals surface area contributed by atoms with Crippen LogP contribution < -0.4 is 0 Å². The van der Waals surface area contributed by atoms with Crippen LogP contribution in [-0.2, 0) is 33.3 Å². The number of fused-ring (bicyclic) bond motifs is 2. The number of rotatable bonds is 13. The second-order valence-electron chi connectivity index (χ2n) is 10.2. The molecule has 1 saturated heterocycles. The minimum Gasteiger partial charge on any atom is -0.436 e. The van der Waals surface area contributed by atoms with E-state index in [1.165, 1.54) is 12.8 Å². The van der Waals surface area contributed by atoms with Gasteiger partial charge in [0.1, 0.15) is 0 Å². The maximum Gasteiger partial charge on any atom is 0.311 e. The molecule has 182 valence electrons. The first-order valence-corrected chi connectivity index (χ1v) is 12.8. The molecule has 7 heteroatoms. The van der Waals surface area contributed by atoms with Crippen molar-refractivity contribution in [3.8, 4) is 0 Å². The number of ether oxygens (including phenoxy) is 5. The monoisotopic (exact) mass is 452 g/mol. The van der Waals surface area contributed by atoms with Crippen molar-refractivity contribution >= 4 is 11.9 Å². The third-order valence-electron chi connectivity index (χ3n) is 7.52. The van der Waals surface area contributed by atoms with Crippen molar-refractivity contribution in [3.63, 3.8) is 0 Å². The van der Waals surface area contributed by atoms with Crippen molar-refractivity contribution in [1.29, 1.82) is 0 Å². The first kappa shape index (κ1) is 24.0. The van der Waals surface area contributed by atoms with Crippen LogP contribution in [0.4, 0.5) is 0 Å². The lowest BCUT2D eigenvalue weighted by molar-refractivity contribution is -0.182. The Morgan fingerprint density at radius 1 is 0.719 bits per heavy atom. The van der Waals surface area contributed by atoms with E-state index >= 15 is 0 Å². The first-order chi connectivity index (χ1) is 15.5. The van der Waals surface area contributed by atoms with Crippen molar-refractivity contribution < 1.29 is 33.3 Å². The zero-order chi connectivity index (χ0) is 22.5. The third kappa shape index (κ3) is 7.16. The first-order valence-electron chi connectivity index (χ1n) is 12.8. The molecule has 0 N–H and O–H groups in total. The van der Waals surface area contributed by atoms with Gasteiger partial charge >= 0.3 is 11.9 Å². The molecule has 3 saturated carbocycles. The molecular weight excluding hydrogens is 412 g/mol. The smallest absolute Gasteiger partial charge is 0.311 e. The van der Waals surface area contributed by atoms with Crippen LogP contribution >= 0.6 is 0 Å². The minimum absolute atomic E-state index is 0.0420. The van der Waals surface area contributed by atoms with E-state index in [1.54, 1.807) is 13.8 Å². The Labute approximate surface area is 191 Å². The van der Waals surface area contributed by atoms with E-state index in [0.29, 0.717) is 19.3 Å². The van der Waals surface area contributed by atoms with Crippen molar-refractivity contribution in [2.75, 3.05) is 13.2 Å². The predicted octanol–water partition coefficient (Wildman–Crippen LogP) is 4.36. The fraction of sp³-hybridized carbons (Fsp3) is 0.920. The SMILES string of the molecule is CC(OCCCCCCOC(C)OC(=O)C1CCC2OC2C1)OC(=O)C1CCC2CC2C1. The normalized spacial score (nSPS) is 34.6. The van der Waals surface area contributed by atoms with Crippen LogP contribution in [0.1, 0.15) is 84.5 Å². The number of hydrogen-bond acceptors (Lipinski definition) is 7. The lowest BCUT2D eigenvalue weighted by atomic mass is 9.89. The average molecular weight is 453 g/mol. The van der Waals surface area contributed by atoms with Crippen molar-refractivity contribution in [2.24, 2.45) is 23.7 Å². The number of carbonyl (C=O) groups is 2. The fourth-order valence-corrected chi connectivity index (χ4v) is 5.33. The van der Waals surface area contributed by atoms with Crippen LogP contribution in [0.15, 0.2) is 0 Å². The summed E-state index contributed by atoms with van der Waals surface area (Å²) in [6, 6.07) is 0. The predicted molar refractivity (Wildman–Crippen MR) is 116 cm³/mol. The largest absolute Gasteiger partial charge is 0.436 e. The third-order valence-corrected chi connectivity index (χ3v) is 7.52. The minimum atomic E-state index is -0.505. The summed E-state index contributed by atoms with van der Waals surface area (Å²) in [4.78, 5) is 24.5. The molecule has 32 heavy (non-hydrogen) atoms. The number of esters is 2. The average Bonchev–Trinajstić information content (AvgIpc) is 3.68. The summed E-state index contributed by atoms with van der Waals surface area (Å²) in [7, 11) is 0. The molecule has 0 amide bonds. The van der Waals surface area contributed by atoms with Crippen molar-refractivity contribution in [3.05, 3.63) is 0 Å². The van der Waals surface area contributed by atoms with Crippen LogP contribution in [0, 0.1) is 23.7 Å². The second-order valence-corrected chi connectivity index (χ2v) is 10.2. The molecular formula is C25H40O7. The van der Waals surface area contributed by atoms with Gasteiger partial charge in [-0.1, -0.05) is 12.8 Å². The van der Waals surface area contributed by atoms with Crippen LogP contribution in [-0.4, -0.2) is 49.9 Å². The molecule has 0 bridgehead atoms. The van der Waals surface area contributed by atoms with Crippen molar-refractivity contribution in [1.82, 2.24) is 0 Å². The van der Waals surface area contributed by atoms with Crippen LogP contribution in [0.5, 0.6) is 0 Å². The molecule has 1 heterocycles. The van der Waals surface area contributed by atoms with Crippen LogP contribution in [0.25, 0.3) is 0 Å². The van der Waals surface area contributed by atoms with Gasteiger partial charge in [-0.3, -0.25) is 9.59 Å². The van der Waals surface area contributed by atoms with E-state index in [-0.39, 0.29) is 29.9 Å². The molecule has 3 aliphatic carbocycles. The van der Waals surface area contributed by atoms with Gasteiger partial charge in [-0.25, -0.2) is 0 Å². The molecule has 0 radical (unpaired) electrons. The Bertz CT molecular complexity index is 584. The Balaban J connectivity index is 0.949. The van der Waals surface area contributed by atoms with E-state index in [9.17, 15) is 9.59 Å². The quantitative estimate of drug-likeness (QED) is 0.178. The summed E-state index contributed by atoms with van der Waals surface area (Å²) in [5.74, 6) is 1.46. The van der Waals surface area contributed by atoms with Gasteiger partial charge in [-0.15, -0.1) is 0 Å². The van der Waals surface area contributed by atoms with Gasteiger partial charge in [0.05, 0.1) is 37.3 Å². The highest BCUT2D eigenvalue weighted by atomic mass is 16.7. The Kier molecular flexibility index (Phi) is 8.46. The Hall–Kier alpha value is -1.18. The second kappa shape index (κ2) is 11.3. The lowest BCUT2D eigenvalue weighted by Crippen LogP contribution is -2.28. The molecule has 4 rings (SSSR count). The summed E-state index contributed by atoms with van der Waals surface area (Å²) in [6.45, 7) is 4.75. The number of carbonyl (C=O) groups excluding carboxylic acids is 2. The van der Waals surface area contributed by atoms with Gasteiger partial charge in [-0.05, 0) is 83.5 Å². The molecule has 7 nitrogen and oxygen atoms in total. The fourth-order valence-electron chi connectivity index (χ4n) is 5.33. The molecule has 0 aromatic carbocycles. The molecule has 0 spiro atoms. The standard InChI is InChI=1S/C25H40O7/c1-16(30-24(26)19-8-7-18-13-21(18)14-19)28-11-5-3-4-6-12-29-17(2)31-25(27)20-9-10-22-23(15-20)32-22/h16-23H,3-15H2,1-2H3. The number of hydrogen-bond donors (Lipinski definition) is 0. The maximum atomic E-state index is 12.3. The number of epoxide rings is 1. The molecule has 8 atom stereocenters.